The predicted octanol–water partition coefficient (Wildman–Crippen LogP) is 1.14. The normalized spacial score (nSPS) is 22.2. The number of nitrogens with zero attached hydrogens (tertiary/aromatic N) is 4. The minimum Gasteiger partial charge on any atom is -0.304 e. The number of hydrogen-bond donors (Lipinski definition) is 0. The van der Waals surface area contributed by atoms with E-state index in [-0.39, 0.29) is 11.8 Å². The topological polar surface area (TPSA) is 40.9 Å². The van der Waals surface area contributed by atoms with Crippen molar-refractivity contribution in [3.8, 4) is 0 Å². The first kappa shape index (κ1) is 13.7. The van der Waals surface area contributed by atoms with E-state index in [1.807, 2.05) is 29.2 Å². The molecule has 0 saturated carbocycles. The molecule has 3 heterocycles. The van der Waals surface area contributed by atoms with Gasteiger partial charge >= 0.3 is 0 Å². The molecule has 20 heavy (non-hydrogen) atoms. The summed E-state index contributed by atoms with van der Waals surface area (Å²) in [6.07, 6.45) is 5.49. The van der Waals surface area contributed by atoms with Gasteiger partial charge in [0.25, 0.3) is 0 Å². The molecule has 2 aromatic rings. The molecule has 6 heteroatoms. The molecule has 2 aromatic heterocycles. The van der Waals surface area contributed by atoms with E-state index < -0.39 is 0 Å². The van der Waals surface area contributed by atoms with Gasteiger partial charge in [0.05, 0.1) is 18.2 Å². The number of ketones is 1. The maximum absolute atomic E-state index is 12.6. The van der Waals surface area contributed by atoms with Crippen LogP contribution in [0, 0.1) is 0 Å². The first-order valence-electron chi connectivity index (χ1n) is 6.96. The number of hydrogen-bond acceptors (Lipinski definition) is 5. The Balaban J connectivity index is 1.72. The van der Waals surface area contributed by atoms with Crippen LogP contribution in [0.4, 0.5) is 0 Å². The Hall–Kier alpha value is -1.24. The van der Waals surface area contributed by atoms with Gasteiger partial charge in [0, 0.05) is 24.3 Å². The number of carbonyl (C=O) groups is 1. The number of thiazole rings is 1. The Morgan fingerprint density at radius 1 is 1.45 bits per heavy atom. The van der Waals surface area contributed by atoms with E-state index in [4.69, 9.17) is 0 Å². The predicted molar refractivity (Wildman–Crippen MR) is 80.3 cm³/mol. The molecule has 0 radical (unpaired) electrons. The molecule has 1 saturated heterocycles. The summed E-state index contributed by atoms with van der Waals surface area (Å²) in [7, 11) is 4.14. The molecule has 0 spiro atoms. The monoisotopic (exact) mass is 292 g/mol. The van der Waals surface area contributed by atoms with Crippen LogP contribution in [0.25, 0.3) is 4.96 Å². The lowest BCUT2D eigenvalue weighted by molar-refractivity contribution is -0.123. The van der Waals surface area contributed by atoms with E-state index in [1.54, 1.807) is 11.3 Å². The summed E-state index contributed by atoms with van der Waals surface area (Å²) in [5.41, 5.74) is 0.877. The maximum Gasteiger partial charge on any atom is 0.193 e. The highest BCUT2D eigenvalue weighted by Gasteiger charge is 2.27. The summed E-state index contributed by atoms with van der Waals surface area (Å²) in [4.78, 5) is 22.5. The van der Waals surface area contributed by atoms with Gasteiger partial charge in [-0.3, -0.25) is 14.1 Å². The molecule has 3 rings (SSSR count). The SMILES string of the molecule is CN1CCCN(C)C(C(=O)Cc2cn3ccsc3n2)C1. The van der Waals surface area contributed by atoms with Crippen LogP contribution in [0.2, 0.25) is 0 Å². The fourth-order valence-electron chi connectivity index (χ4n) is 2.78. The van der Waals surface area contributed by atoms with E-state index in [2.05, 4.69) is 21.8 Å². The second-order valence-corrected chi connectivity index (χ2v) is 6.45. The third-order valence-corrected chi connectivity index (χ3v) is 4.71. The van der Waals surface area contributed by atoms with E-state index >= 15 is 0 Å². The molecule has 0 aromatic carbocycles. The molecule has 108 valence electrons. The minimum atomic E-state index is -0.0118. The number of Topliss-reactive ketones (excluding diaryl/α,β-unsaturated/α-hetero) is 1. The van der Waals surface area contributed by atoms with Crippen LogP contribution in [0.5, 0.6) is 0 Å². The van der Waals surface area contributed by atoms with E-state index in [0.717, 1.165) is 36.7 Å². The molecular weight excluding hydrogens is 272 g/mol. The largest absolute Gasteiger partial charge is 0.304 e. The quantitative estimate of drug-likeness (QED) is 0.851. The van der Waals surface area contributed by atoms with Crippen LogP contribution in [0.1, 0.15) is 12.1 Å². The zero-order chi connectivity index (χ0) is 14.1. The highest BCUT2D eigenvalue weighted by molar-refractivity contribution is 7.15. The summed E-state index contributed by atoms with van der Waals surface area (Å²) in [5, 5.41) is 2.00. The number of imidazole rings is 1. The Labute approximate surface area is 122 Å². The Bertz CT molecular complexity index is 577. The summed E-state index contributed by atoms with van der Waals surface area (Å²) < 4.78 is 1.98. The number of rotatable bonds is 3. The molecule has 1 atom stereocenters. The van der Waals surface area contributed by atoms with Crippen molar-refractivity contribution in [2.24, 2.45) is 0 Å². The maximum atomic E-state index is 12.6. The third-order valence-electron chi connectivity index (χ3n) is 3.94. The lowest BCUT2D eigenvalue weighted by Crippen LogP contribution is -2.44. The van der Waals surface area contributed by atoms with Gasteiger partial charge in [-0.1, -0.05) is 0 Å². The van der Waals surface area contributed by atoms with Crippen molar-refractivity contribution in [3.63, 3.8) is 0 Å². The number of likely N-dealkylation sites (N-methyl/N-ethyl adjacent to an activating group) is 2. The average molecular weight is 292 g/mol. The van der Waals surface area contributed by atoms with Crippen LogP contribution >= 0.6 is 11.3 Å². The summed E-state index contributed by atoms with van der Waals surface area (Å²) in [6, 6.07) is -0.0118. The average Bonchev–Trinajstić information content (AvgIpc) is 2.91. The number of carbonyl (C=O) groups excluding carboxylic acids is 1. The molecule has 5 nitrogen and oxygen atoms in total. The number of aromatic nitrogens is 2. The van der Waals surface area contributed by atoms with Crippen LogP contribution in [-0.4, -0.2) is 64.7 Å². The van der Waals surface area contributed by atoms with Crippen molar-refractivity contribution >= 4 is 22.1 Å². The standard InChI is InChI=1S/C14H20N4OS/c1-16-4-3-5-17(2)12(10-16)13(19)8-11-9-18-6-7-20-14(18)15-11/h6-7,9,12H,3-5,8,10H2,1-2H3. The molecule has 1 aliphatic rings. The minimum absolute atomic E-state index is 0.0118. The van der Waals surface area contributed by atoms with Gasteiger partial charge in [0.1, 0.15) is 0 Å². The first-order chi connectivity index (χ1) is 9.63. The lowest BCUT2D eigenvalue weighted by atomic mass is 10.1. The van der Waals surface area contributed by atoms with Crippen LogP contribution in [0.3, 0.4) is 0 Å². The van der Waals surface area contributed by atoms with Crippen molar-refractivity contribution in [3.05, 3.63) is 23.5 Å². The molecule has 1 fully saturated rings. The first-order valence-corrected chi connectivity index (χ1v) is 7.84. The second-order valence-electron chi connectivity index (χ2n) is 5.58. The van der Waals surface area contributed by atoms with E-state index in [9.17, 15) is 4.79 Å². The van der Waals surface area contributed by atoms with Crippen LogP contribution in [-0.2, 0) is 11.2 Å². The summed E-state index contributed by atoms with van der Waals surface area (Å²) in [6.45, 7) is 2.87. The smallest absolute Gasteiger partial charge is 0.193 e. The highest BCUT2D eigenvalue weighted by atomic mass is 32.1. The van der Waals surface area contributed by atoms with Gasteiger partial charge in [0.2, 0.25) is 0 Å². The molecule has 0 N–H and O–H groups in total. The van der Waals surface area contributed by atoms with Crippen LogP contribution in [0.15, 0.2) is 17.8 Å². The molecule has 0 aliphatic carbocycles. The van der Waals surface area contributed by atoms with E-state index in [1.165, 1.54) is 0 Å². The zero-order valence-electron chi connectivity index (χ0n) is 12.0. The Morgan fingerprint density at radius 3 is 3.10 bits per heavy atom. The summed E-state index contributed by atoms with van der Waals surface area (Å²) in [5.74, 6) is 0.270. The van der Waals surface area contributed by atoms with Gasteiger partial charge in [-0.15, -0.1) is 11.3 Å². The van der Waals surface area contributed by atoms with Crippen molar-refractivity contribution in [1.29, 1.82) is 0 Å². The molecule has 0 amide bonds. The zero-order valence-corrected chi connectivity index (χ0v) is 12.8. The summed E-state index contributed by atoms with van der Waals surface area (Å²) >= 11 is 1.60. The third kappa shape index (κ3) is 2.77. The molecule has 1 unspecified atom stereocenters. The van der Waals surface area contributed by atoms with Crippen molar-refractivity contribution < 1.29 is 4.79 Å². The van der Waals surface area contributed by atoms with Gasteiger partial charge in [-0.05, 0) is 33.6 Å². The van der Waals surface area contributed by atoms with Crippen molar-refractivity contribution in [2.45, 2.75) is 18.9 Å². The molecule has 1 aliphatic heterocycles. The Kier molecular flexibility index (Phi) is 3.87. The fraction of sp³-hybridized carbons (Fsp3) is 0.571. The lowest BCUT2D eigenvalue weighted by Gasteiger charge is -2.25. The highest BCUT2D eigenvalue weighted by Crippen LogP contribution is 2.14. The van der Waals surface area contributed by atoms with E-state index in [0.29, 0.717) is 6.42 Å². The second kappa shape index (κ2) is 5.63. The molecule has 0 bridgehead atoms. The number of fused-ring (bicyclic) bond motifs is 1. The fourth-order valence-corrected chi connectivity index (χ4v) is 3.50. The molecular formula is C14H20N4OS. The Morgan fingerprint density at radius 2 is 2.30 bits per heavy atom. The van der Waals surface area contributed by atoms with Crippen molar-refractivity contribution in [2.75, 3.05) is 33.7 Å². The van der Waals surface area contributed by atoms with Gasteiger partial charge < -0.3 is 4.90 Å². The van der Waals surface area contributed by atoms with Gasteiger partial charge in [-0.25, -0.2) is 4.98 Å². The van der Waals surface area contributed by atoms with Gasteiger partial charge in [-0.2, -0.15) is 0 Å². The van der Waals surface area contributed by atoms with Crippen molar-refractivity contribution in [1.82, 2.24) is 19.2 Å². The van der Waals surface area contributed by atoms with Crippen LogP contribution < -0.4 is 0 Å². The van der Waals surface area contributed by atoms with Gasteiger partial charge in [0.15, 0.2) is 10.7 Å².